The molecule has 4 amide bonds. The van der Waals surface area contributed by atoms with Gasteiger partial charge >= 0.3 is 6.03 Å². The van der Waals surface area contributed by atoms with E-state index in [1.165, 1.54) is 0 Å². The molecule has 34 heavy (non-hydrogen) atoms. The van der Waals surface area contributed by atoms with Gasteiger partial charge in [-0.15, -0.1) is 0 Å². The summed E-state index contributed by atoms with van der Waals surface area (Å²) in [5.41, 5.74) is 2.35. The van der Waals surface area contributed by atoms with Gasteiger partial charge in [0.25, 0.3) is 5.91 Å². The summed E-state index contributed by atoms with van der Waals surface area (Å²) < 4.78 is 11.1. The maximum atomic E-state index is 13.9. The number of carbonyl (C=O) groups excluding carboxylic acids is 3. The fraction of sp³-hybridized carbons (Fsp3) is 0.423. The van der Waals surface area contributed by atoms with Gasteiger partial charge in [0.1, 0.15) is 5.54 Å². The smallest absolute Gasteiger partial charge is 0.322 e. The summed E-state index contributed by atoms with van der Waals surface area (Å²) in [5.74, 6) is 0.942. The van der Waals surface area contributed by atoms with Crippen LogP contribution in [0.3, 0.4) is 0 Å². The number of rotatable bonds is 4. The van der Waals surface area contributed by atoms with Crippen LogP contribution in [-0.2, 0) is 16.0 Å². The van der Waals surface area contributed by atoms with Gasteiger partial charge in [0.2, 0.25) is 5.91 Å². The number of hydrogen-bond donors (Lipinski definition) is 2. The summed E-state index contributed by atoms with van der Waals surface area (Å²) in [6.45, 7) is 0.597. The number of urea groups is 1. The fourth-order valence-corrected chi connectivity index (χ4v) is 5.65. The standard InChI is InChI=1S/C26H29N3O5/c1-33-20-14-18-10-13-29(22(16-6-4-3-5-7-16)19(18)15-21(20)34-2)23(30)17-8-11-26(12-9-17)24(31)27-25(32)28-26/h3-7,14-15,17,22H,8-13H2,1-2H3,(H2,27,28,31,32). The molecule has 1 unspecified atom stereocenters. The average molecular weight is 464 g/mol. The van der Waals surface area contributed by atoms with Gasteiger partial charge in [-0.3, -0.25) is 14.9 Å². The van der Waals surface area contributed by atoms with E-state index in [-0.39, 0.29) is 23.8 Å². The zero-order valence-electron chi connectivity index (χ0n) is 19.4. The van der Waals surface area contributed by atoms with Gasteiger partial charge in [0.05, 0.1) is 20.3 Å². The first kappa shape index (κ1) is 22.3. The Morgan fingerprint density at radius 3 is 2.32 bits per heavy atom. The van der Waals surface area contributed by atoms with Gasteiger partial charge in [-0.25, -0.2) is 4.79 Å². The molecule has 2 fully saturated rings. The molecule has 0 radical (unpaired) electrons. The van der Waals surface area contributed by atoms with Gasteiger partial charge in [-0.1, -0.05) is 30.3 Å². The first-order valence-electron chi connectivity index (χ1n) is 11.7. The van der Waals surface area contributed by atoms with Gasteiger partial charge in [-0.05, 0) is 60.9 Å². The maximum absolute atomic E-state index is 13.9. The Labute approximate surface area is 198 Å². The summed E-state index contributed by atoms with van der Waals surface area (Å²) in [7, 11) is 3.24. The molecule has 1 atom stereocenters. The molecule has 178 valence electrons. The lowest BCUT2D eigenvalue weighted by molar-refractivity contribution is -0.140. The van der Waals surface area contributed by atoms with Crippen molar-refractivity contribution in [2.45, 2.75) is 43.7 Å². The van der Waals surface area contributed by atoms with E-state index in [2.05, 4.69) is 10.6 Å². The molecule has 2 N–H and O–H groups in total. The minimum absolute atomic E-state index is 0.0915. The second-order valence-corrected chi connectivity index (χ2v) is 9.27. The van der Waals surface area contributed by atoms with Crippen LogP contribution >= 0.6 is 0 Å². The van der Waals surface area contributed by atoms with Crippen molar-refractivity contribution < 1.29 is 23.9 Å². The molecule has 1 aliphatic carbocycles. The number of carbonyl (C=O) groups is 3. The summed E-state index contributed by atoms with van der Waals surface area (Å²) in [4.78, 5) is 39.8. The molecule has 2 heterocycles. The Balaban J connectivity index is 1.45. The van der Waals surface area contributed by atoms with Crippen LogP contribution in [0, 0.1) is 5.92 Å². The highest BCUT2D eigenvalue weighted by Gasteiger charge is 2.49. The highest BCUT2D eigenvalue weighted by molar-refractivity contribution is 6.07. The number of nitrogens with one attached hydrogen (secondary N) is 2. The van der Waals surface area contributed by atoms with Crippen molar-refractivity contribution in [3.63, 3.8) is 0 Å². The molecule has 3 aliphatic rings. The highest BCUT2D eigenvalue weighted by atomic mass is 16.5. The molecule has 8 nitrogen and oxygen atoms in total. The predicted octanol–water partition coefficient (Wildman–Crippen LogP) is 2.95. The lowest BCUT2D eigenvalue weighted by atomic mass is 9.75. The third-order valence-corrected chi connectivity index (χ3v) is 7.47. The van der Waals surface area contributed by atoms with E-state index in [0.29, 0.717) is 43.7 Å². The van der Waals surface area contributed by atoms with E-state index in [1.54, 1.807) is 14.2 Å². The van der Waals surface area contributed by atoms with Crippen LogP contribution in [0.25, 0.3) is 0 Å². The van der Waals surface area contributed by atoms with Crippen LogP contribution in [0.15, 0.2) is 42.5 Å². The minimum atomic E-state index is -0.870. The predicted molar refractivity (Wildman–Crippen MR) is 125 cm³/mol. The van der Waals surface area contributed by atoms with Crippen molar-refractivity contribution in [1.82, 2.24) is 15.5 Å². The number of ether oxygens (including phenoxy) is 2. The van der Waals surface area contributed by atoms with Crippen molar-refractivity contribution in [3.8, 4) is 11.5 Å². The third-order valence-electron chi connectivity index (χ3n) is 7.47. The summed E-state index contributed by atoms with van der Waals surface area (Å²) in [6.07, 6.45) is 2.77. The fourth-order valence-electron chi connectivity index (χ4n) is 5.65. The Morgan fingerprint density at radius 2 is 1.71 bits per heavy atom. The van der Waals surface area contributed by atoms with Crippen LogP contribution in [0.4, 0.5) is 4.79 Å². The van der Waals surface area contributed by atoms with Crippen molar-refractivity contribution in [2.75, 3.05) is 20.8 Å². The molecule has 0 bridgehead atoms. The number of amides is 4. The quantitative estimate of drug-likeness (QED) is 0.680. The Kier molecular flexibility index (Phi) is 5.67. The topological polar surface area (TPSA) is 97.0 Å². The largest absolute Gasteiger partial charge is 0.493 e. The number of methoxy groups -OCH3 is 2. The van der Waals surface area contributed by atoms with Crippen molar-refractivity contribution in [2.24, 2.45) is 5.92 Å². The Morgan fingerprint density at radius 1 is 1.03 bits per heavy atom. The lowest BCUT2D eigenvalue weighted by Gasteiger charge is -2.42. The van der Waals surface area contributed by atoms with Crippen LogP contribution < -0.4 is 20.1 Å². The van der Waals surface area contributed by atoms with E-state index in [9.17, 15) is 14.4 Å². The van der Waals surface area contributed by atoms with E-state index in [4.69, 9.17) is 9.47 Å². The van der Waals surface area contributed by atoms with Crippen molar-refractivity contribution in [3.05, 3.63) is 59.2 Å². The van der Waals surface area contributed by atoms with Crippen LogP contribution in [-0.4, -0.2) is 49.0 Å². The molecule has 0 aromatic heterocycles. The first-order chi connectivity index (χ1) is 16.5. The number of nitrogens with zero attached hydrogens (tertiary/aromatic N) is 1. The van der Waals surface area contributed by atoms with Gasteiger partial charge < -0.3 is 19.7 Å². The minimum Gasteiger partial charge on any atom is -0.493 e. The maximum Gasteiger partial charge on any atom is 0.322 e. The number of imide groups is 1. The van der Waals surface area contributed by atoms with Crippen molar-refractivity contribution >= 4 is 17.8 Å². The average Bonchev–Trinajstić information content (AvgIpc) is 3.14. The summed E-state index contributed by atoms with van der Waals surface area (Å²) in [5, 5.41) is 5.12. The molecule has 2 aromatic rings. The molecule has 1 saturated carbocycles. The zero-order valence-corrected chi connectivity index (χ0v) is 19.4. The molecule has 1 saturated heterocycles. The second kappa shape index (κ2) is 8.66. The lowest BCUT2D eigenvalue weighted by Crippen LogP contribution is -2.52. The number of hydrogen-bond acceptors (Lipinski definition) is 5. The van der Waals surface area contributed by atoms with E-state index < -0.39 is 11.6 Å². The van der Waals surface area contributed by atoms with E-state index in [1.807, 2.05) is 47.4 Å². The number of fused-ring (bicyclic) bond motifs is 1. The zero-order chi connectivity index (χ0) is 23.9. The van der Waals surface area contributed by atoms with E-state index in [0.717, 1.165) is 23.1 Å². The van der Waals surface area contributed by atoms with Gasteiger partial charge in [0, 0.05) is 12.5 Å². The van der Waals surface area contributed by atoms with Crippen molar-refractivity contribution in [1.29, 1.82) is 0 Å². The monoisotopic (exact) mass is 463 g/mol. The van der Waals surface area contributed by atoms with Gasteiger partial charge in [-0.2, -0.15) is 0 Å². The molecule has 2 aliphatic heterocycles. The second-order valence-electron chi connectivity index (χ2n) is 9.27. The summed E-state index contributed by atoms with van der Waals surface area (Å²) in [6, 6.07) is 13.3. The van der Waals surface area contributed by atoms with Crippen LogP contribution in [0.1, 0.15) is 48.4 Å². The number of benzene rings is 2. The molecule has 5 rings (SSSR count). The third kappa shape index (κ3) is 3.67. The molecule has 2 aromatic carbocycles. The van der Waals surface area contributed by atoms with Crippen LogP contribution in [0.5, 0.6) is 11.5 Å². The molecular formula is C26H29N3O5. The van der Waals surface area contributed by atoms with Crippen LogP contribution in [0.2, 0.25) is 0 Å². The van der Waals surface area contributed by atoms with E-state index >= 15 is 0 Å². The normalized spacial score (nSPS) is 26.0. The first-order valence-corrected chi connectivity index (χ1v) is 11.7. The molecular weight excluding hydrogens is 434 g/mol. The molecule has 8 heteroatoms. The highest BCUT2D eigenvalue weighted by Crippen LogP contribution is 2.43. The van der Waals surface area contributed by atoms with Gasteiger partial charge in [0.15, 0.2) is 11.5 Å². The Hall–Kier alpha value is -3.55. The molecule has 1 spiro atoms. The Bertz CT molecular complexity index is 1120. The summed E-state index contributed by atoms with van der Waals surface area (Å²) >= 11 is 0. The SMILES string of the molecule is COc1cc2c(cc1OC)C(c1ccccc1)N(C(=O)C1CCC3(CC1)NC(=O)NC3=O)CC2.